The first-order valence-corrected chi connectivity index (χ1v) is 7.88. The van der Waals surface area contributed by atoms with Gasteiger partial charge in [-0.15, -0.1) is 0 Å². The molecule has 0 amide bonds. The van der Waals surface area contributed by atoms with E-state index < -0.39 is 29.6 Å². The van der Waals surface area contributed by atoms with Crippen molar-refractivity contribution in [2.24, 2.45) is 5.73 Å². The van der Waals surface area contributed by atoms with Gasteiger partial charge >= 0.3 is 0 Å². The number of nitrogens with two attached hydrogens (primary N) is 1. The summed E-state index contributed by atoms with van der Waals surface area (Å²) in [4.78, 5) is 0.147. The van der Waals surface area contributed by atoms with Gasteiger partial charge < -0.3 is 10.8 Å². The number of alkyl halides is 2. The molecule has 0 atom stereocenters. The van der Waals surface area contributed by atoms with Crippen LogP contribution in [0.15, 0.2) is 29.2 Å². The minimum absolute atomic E-state index is 0.122. The number of aliphatic hydroxyl groups excluding tert-OH is 1. The van der Waals surface area contributed by atoms with E-state index in [1.807, 2.05) is 0 Å². The van der Waals surface area contributed by atoms with Crippen molar-refractivity contribution in [2.45, 2.75) is 17.7 Å². The van der Waals surface area contributed by atoms with Gasteiger partial charge in [-0.3, -0.25) is 0 Å². The van der Waals surface area contributed by atoms with Gasteiger partial charge in [0.25, 0.3) is 6.43 Å². The van der Waals surface area contributed by atoms with Crippen molar-refractivity contribution in [3.8, 4) is 0 Å². The van der Waals surface area contributed by atoms with Crippen LogP contribution < -0.4 is 5.73 Å². The number of benzene rings is 1. The smallest absolute Gasteiger partial charge is 0.252 e. The highest BCUT2D eigenvalue weighted by Crippen LogP contribution is 2.17. The number of rotatable bonds is 8. The number of nitrogens with zero attached hydrogens (tertiary/aromatic N) is 1. The molecule has 0 saturated heterocycles. The monoisotopic (exact) mass is 338 g/mol. The van der Waals surface area contributed by atoms with E-state index in [0.717, 1.165) is 5.56 Å². The van der Waals surface area contributed by atoms with Gasteiger partial charge in [0.15, 0.2) is 0 Å². The van der Waals surface area contributed by atoms with Crippen molar-refractivity contribution in [3.05, 3.63) is 29.8 Å². The molecule has 0 fully saturated rings. The van der Waals surface area contributed by atoms with Crippen LogP contribution in [0.25, 0.3) is 0 Å². The third kappa shape index (κ3) is 5.27. The first-order valence-electron chi connectivity index (χ1n) is 6.03. The maximum Gasteiger partial charge on any atom is 0.252 e. The zero-order valence-electron chi connectivity index (χ0n) is 11.1. The molecule has 1 rings (SSSR count). The number of halogens is 2. The van der Waals surface area contributed by atoms with E-state index in [-0.39, 0.29) is 16.4 Å². The van der Waals surface area contributed by atoms with Crippen LogP contribution in [-0.4, -0.2) is 48.9 Å². The summed E-state index contributed by atoms with van der Waals surface area (Å²) in [5, 5.41) is 8.82. The Morgan fingerprint density at radius 3 is 2.33 bits per heavy atom. The summed E-state index contributed by atoms with van der Waals surface area (Å²) >= 11 is 4.75. The van der Waals surface area contributed by atoms with Crippen LogP contribution in [0.3, 0.4) is 0 Å². The summed E-state index contributed by atoms with van der Waals surface area (Å²) < 4.78 is 49.9. The molecule has 1 aromatic carbocycles. The number of thiocarbonyl (C=S) groups is 1. The molecule has 0 aliphatic rings. The fraction of sp³-hybridized carbons (Fsp3) is 0.417. The second-order valence-electron chi connectivity index (χ2n) is 4.26. The zero-order valence-corrected chi connectivity index (χ0v) is 12.7. The van der Waals surface area contributed by atoms with Crippen molar-refractivity contribution in [1.29, 1.82) is 0 Å². The van der Waals surface area contributed by atoms with Gasteiger partial charge in [-0.05, 0) is 17.7 Å². The summed E-state index contributed by atoms with van der Waals surface area (Å²) in [5.74, 6) is 0. The van der Waals surface area contributed by atoms with E-state index in [1.54, 1.807) is 0 Å². The molecule has 21 heavy (non-hydrogen) atoms. The predicted octanol–water partition coefficient (Wildman–Crippen LogP) is 0.763. The lowest BCUT2D eigenvalue weighted by atomic mass is 10.1. The second kappa shape index (κ2) is 7.74. The Morgan fingerprint density at radius 1 is 1.33 bits per heavy atom. The lowest BCUT2D eigenvalue weighted by Gasteiger charge is -2.20. The summed E-state index contributed by atoms with van der Waals surface area (Å²) in [6.45, 7) is -1.88. The SMILES string of the molecule is NC(=S)Cc1ccc(S(=O)(=O)N(CCO)CC(F)F)cc1. The molecule has 0 spiro atoms. The predicted molar refractivity (Wildman–Crippen MR) is 78.8 cm³/mol. The van der Waals surface area contributed by atoms with E-state index in [2.05, 4.69) is 0 Å². The molecular formula is C12H16F2N2O3S2. The summed E-state index contributed by atoms with van der Waals surface area (Å²) in [6, 6.07) is 5.65. The molecule has 0 aliphatic carbocycles. The van der Waals surface area contributed by atoms with E-state index in [0.29, 0.717) is 10.7 Å². The van der Waals surface area contributed by atoms with Crippen molar-refractivity contribution in [2.75, 3.05) is 19.7 Å². The Bertz CT molecular complexity index is 577. The van der Waals surface area contributed by atoms with Crippen molar-refractivity contribution in [3.63, 3.8) is 0 Å². The average molecular weight is 338 g/mol. The van der Waals surface area contributed by atoms with Gasteiger partial charge in [-0.2, -0.15) is 4.31 Å². The third-order valence-electron chi connectivity index (χ3n) is 2.63. The minimum Gasteiger partial charge on any atom is -0.395 e. The molecule has 0 bridgehead atoms. The van der Waals surface area contributed by atoms with Gasteiger partial charge in [-0.25, -0.2) is 17.2 Å². The van der Waals surface area contributed by atoms with Crippen LogP contribution >= 0.6 is 12.2 Å². The van der Waals surface area contributed by atoms with Gasteiger partial charge in [0, 0.05) is 13.0 Å². The van der Waals surface area contributed by atoms with Crippen LogP contribution in [0.4, 0.5) is 8.78 Å². The first kappa shape index (κ1) is 17.9. The first-order chi connectivity index (χ1) is 9.77. The number of aliphatic hydroxyl groups is 1. The van der Waals surface area contributed by atoms with E-state index in [9.17, 15) is 17.2 Å². The molecule has 0 saturated carbocycles. The van der Waals surface area contributed by atoms with E-state index in [4.69, 9.17) is 23.1 Å². The maximum absolute atomic E-state index is 12.4. The molecular weight excluding hydrogens is 322 g/mol. The second-order valence-corrected chi connectivity index (χ2v) is 6.73. The molecule has 1 aromatic rings. The lowest BCUT2D eigenvalue weighted by molar-refractivity contribution is 0.113. The number of sulfonamides is 1. The Balaban J connectivity index is 3.01. The van der Waals surface area contributed by atoms with E-state index in [1.165, 1.54) is 24.3 Å². The Hall–Kier alpha value is -1.16. The van der Waals surface area contributed by atoms with Crippen molar-refractivity contribution in [1.82, 2.24) is 4.31 Å². The zero-order chi connectivity index (χ0) is 16.0. The molecule has 5 nitrogen and oxygen atoms in total. The van der Waals surface area contributed by atoms with Crippen LogP contribution in [0.1, 0.15) is 5.56 Å². The fourth-order valence-electron chi connectivity index (χ4n) is 1.70. The largest absolute Gasteiger partial charge is 0.395 e. The minimum atomic E-state index is -4.07. The summed E-state index contributed by atoms with van der Waals surface area (Å²) in [7, 11) is -4.07. The molecule has 0 radical (unpaired) electrons. The normalized spacial score (nSPS) is 12.0. The van der Waals surface area contributed by atoms with Crippen LogP contribution in [0.2, 0.25) is 0 Å². The highest BCUT2D eigenvalue weighted by atomic mass is 32.2. The molecule has 0 heterocycles. The summed E-state index contributed by atoms with van der Waals surface area (Å²) in [6.07, 6.45) is -2.49. The molecule has 0 aromatic heterocycles. The number of hydrogen-bond acceptors (Lipinski definition) is 4. The molecule has 0 unspecified atom stereocenters. The highest BCUT2D eigenvalue weighted by molar-refractivity contribution is 7.89. The Labute approximate surface area is 127 Å². The summed E-state index contributed by atoms with van der Waals surface area (Å²) in [5.41, 5.74) is 6.11. The molecule has 9 heteroatoms. The standard InChI is InChI=1S/C12H16F2N2O3S2/c13-11(14)8-16(5-6-17)21(18,19)10-3-1-9(2-4-10)7-12(15)20/h1-4,11,17H,5-8H2,(H2,15,20). The Kier molecular flexibility index (Phi) is 6.59. The van der Waals surface area contributed by atoms with Crippen molar-refractivity contribution >= 4 is 27.2 Å². The van der Waals surface area contributed by atoms with Crippen LogP contribution in [-0.2, 0) is 16.4 Å². The van der Waals surface area contributed by atoms with Crippen molar-refractivity contribution < 1.29 is 22.3 Å². The molecule has 118 valence electrons. The fourth-order valence-corrected chi connectivity index (χ4v) is 3.28. The quantitative estimate of drug-likeness (QED) is 0.684. The highest BCUT2D eigenvalue weighted by Gasteiger charge is 2.26. The third-order valence-corrected chi connectivity index (χ3v) is 4.65. The van der Waals surface area contributed by atoms with Gasteiger partial charge in [-0.1, -0.05) is 24.4 Å². The van der Waals surface area contributed by atoms with Crippen LogP contribution in [0, 0.1) is 0 Å². The number of hydrogen-bond donors (Lipinski definition) is 2. The van der Waals surface area contributed by atoms with Crippen LogP contribution in [0.5, 0.6) is 0 Å². The Morgan fingerprint density at radius 2 is 1.90 bits per heavy atom. The van der Waals surface area contributed by atoms with Gasteiger partial charge in [0.2, 0.25) is 10.0 Å². The maximum atomic E-state index is 12.4. The average Bonchev–Trinajstić information content (AvgIpc) is 2.37. The van der Waals surface area contributed by atoms with E-state index >= 15 is 0 Å². The van der Waals surface area contributed by atoms with Gasteiger partial charge in [0.05, 0.1) is 23.0 Å². The molecule has 0 aliphatic heterocycles. The lowest BCUT2D eigenvalue weighted by Crippen LogP contribution is -2.37. The molecule has 3 N–H and O–H groups in total. The topological polar surface area (TPSA) is 83.6 Å². The van der Waals surface area contributed by atoms with Gasteiger partial charge in [0.1, 0.15) is 0 Å².